The van der Waals surface area contributed by atoms with Crippen molar-refractivity contribution in [3.63, 3.8) is 0 Å². The third-order valence-electron chi connectivity index (χ3n) is 2.47. The highest BCUT2D eigenvalue weighted by molar-refractivity contribution is 5.21. The van der Waals surface area contributed by atoms with Crippen molar-refractivity contribution in [3.05, 3.63) is 35.4 Å². The quantitative estimate of drug-likeness (QED) is 0.799. The molecule has 15 heavy (non-hydrogen) atoms. The van der Waals surface area contributed by atoms with Gasteiger partial charge < -0.3 is 10.0 Å². The zero-order valence-electron chi connectivity index (χ0n) is 9.90. The van der Waals surface area contributed by atoms with Gasteiger partial charge in [0, 0.05) is 19.7 Å². The zero-order valence-corrected chi connectivity index (χ0v) is 9.90. The van der Waals surface area contributed by atoms with E-state index in [4.69, 9.17) is 5.11 Å². The normalized spacial score (nSPS) is 13.1. The molecule has 0 saturated carbocycles. The molecule has 1 aromatic carbocycles. The molecule has 0 bridgehead atoms. The number of aliphatic hydroxyl groups is 1. The third kappa shape index (κ3) is 4.45. The Bertz CT molecular complexity index is 298. The molecule has 1 atom stereocenters. The van der Waals surface area contributed by atoms with Crippen LogP contribution in [0.4, 0.5) is 0 Å². The number of aliphatic hydroxyl groups excluding tert-OH is 1. The Labute approximate surface area is 92.5 Å². The second-order valence-corrected chi connectivity index (χ2v) is 4.47. The molecule has 0 aliphatic heterocycles. The van der Waals surface area contributed by atoms with Gasteiger partial charge in [-0.2, -0.15) is 0 Å². The van der Waals surface area contributed by atoms with Gasteiger partial charge in [0.25, 0.3) is 0 Å². The van der Waals surface area contributed by atoms with E-state index >= 15 is 0 Å². The van der Waals surface area contributed by atoms with Gasteiger partial charge in [0.2, 0.25) is 0 Å². The third-order valence-corrected chi connectivity index (χ3v) is 2.47. The lowest BCUT2D eigenvalue weighted by Gasteiger charge is -2.20. The van der Waals surface area contributed by atoms with Crippen molar-refractivity contribution in [2.75, 3.05) is 20.2 Å². The van der Waals surface area contributed by atoms with Crippen molar-refractivity contribution in [3.8, 4) is 0 Å². The molecule has 1 aromatic rings. The Balaban J connectivity index is 2.47. The molecular formula is C13H21NO. The largest absolute Gasteiger partial charge is 0.396 e. The van der Waals surface area contributed by atoms with Crippen molar-refractivity contribution >= 4 is 0 Å². The van der Waals surface area contributed by atoms with Gasteiger partial charge in [0.15, 0.2) is 0 Å². The molecule has 0 radical (unpaired) electrons. The Hall–Kier alpha value is -0.860. The van der Waals surface area contributed by atoms with Crippen LogP contribution in [-0.4, -0.2) is 30.2 Å². The highest BCUT2D eigenvalue weighted by Gasteiger charge is 2.05. The summed E-state index contributed by atoms with van der Waals surface area (Å²) in [5.41, 5.74) is 2.64. The molecule has 0 amide bonds. The van der Waals surface area contributed by atoms with Gasteiger partial charge >= 0.3 is 0 Å². The summed E-state index contributed by atoms with van der Waals surface area (Å²) < 4.78 is 0. The van der Waals surface area contributed by atoms with E-state index in [0.717, 1.165) is 13.1 Å². The summed E-state index contributed by atoms with van der Waals surface area (Å²) in [6.45, 7) is 6.32. The van der Waals surface area contributed by atoms with Crippen LogP contribution < -0.4 is 0 Å². The molecule has 2 heteroatoms. The molecule has 1 rings (SSSR count). The minimum absolute atomic E-state index is 0.262. The second kappa shape index (κ2) is 5.89. The average molecular weight is 207 g/mol. The molecule has 1 unspecified atom stereocenters. The van der Waals surface area contributed by atoms with Crippen molar-refractivity contribution in [1.82, 2.24) is 4.90 Å². The Kier molecular flexibility index (Phi) is 4.79. The first-order valence-corrected chi connectivity index (χ1v) is 5.46. The molecule has 0 saturated heterocycles. The number of hydrogen-bond acceptors (Lipinski definition) is 2. The van der Waals surface area contributed by atoms with E-state index in [1.54, 1.807) is 0 Å². The van der Waals surface area contributed by atoms with Crippen LogP contribution in [0.5, 0.6) is 0 Å². The van der Waals surface area contributed by atoms with E-state index in [1.807, 2.05) is 0 Å². The number of nitrogens with zero attached hydrogens (tertiary/aromatic N) is 1. The van der Waals surface area contributed by atoms with E-state index in [1.165, 1.54) is 11.1 Å². The topological polar surface area (TPSA) is 23.5 Å². The van der Waals surface area contributed by atoms with Crippen molar-refractivity contribution in [1.29, 1.82) is 0 Å². The lowest BCUT2D eigenvalue weighted by Crippen LogP contribution is -2.25. The lowest BCUT2D eigenvalue weighted by atomic mass is 10.1. The fourth-order valence-corrected chi connectivity index (χ4v) is 1.78. The first-order valence-electron chi connectivity index (χ1n) is 5.46. The highest BCUT2D eigenvalue weighted by atomic mass is 16.3. The van der Waals surface area contributed by atoms with Crippen molar-refractivity contribution in [2.24, 2.45) is 5.92 Å². The maximum Gasteiger partial charge on any atom is 0.0468 e. The maximum atomic E-state index is 8.97. The summed E-state index contributed by atoms with van der Waals surface area (Å²) in [6.07, 6.45) is 0. The van der Waals surface area contributed by atoms with Crippen LogP contribution in [0.3, 0.4) is 0 Å². The Morgan fingerprint density at radius 2 is 2.13 bits per heavy atom. The Morgan fingerprint density at radius 3 is 2.73 bits per heavy atom. The molecule has 1 N–H and O–H groups in total. The van der Waals surface area contributed by atoms with Gasteiger partial charge in [0.1, 0.15) is 0 Å². The van der Waals surface area contributed by atoms with Crippen LogP contribution in [0.25, 0.3) is 0 Å². The number of hydrogen-bond donors (Lipinski definition) is 1. The minimum atomic E-state index is 0.262. The predicted molar refractivity (Wildman–Crippen MR) is 63.8 cm³/mol. The van der Waals surface area contributed by atoms with Crippen LogP contribution >= 0.6 is 0 Å². The van der Waals surface area contributed by atoms with Gasteiger partial charge in [-0.05, 0) is 25.5 Å². The second-order valence-electron chi connectivity index (χ2n) is 4.47. The summed E-state index contributed by atoms with van der Waals surface area (Å²) in [4.78, 5) is 2.25. The molecule has 0 aliphatic carbocycles. The number of rotatable bonds is 5. The first kappa shape index (κ1) is 12.2. The monoisotopic (exact) mass is 207 g/mol. The summed E-state index contributed by atoms with van der Waals surface area (Å²) in [5, 5.41) is 8.97. The average Bonchev–Trinajstić information content (AvgIpc) is 2.17. The molecule has 0 spiro atoms. The molecule has 2 nitrogen and oxygen atoms in total. The smallest absolute Gasteiger partial charge is 0.0468 e. The predicted octanol–water partition coefficient (Wildman–Crippen LogP) is 2.06. The standard InChI is InChI=1S/C13H21NO/c1-11-5-4-6-13(7-11)9-14(3)8-12(2)10-15/h4-7,12,15H,8-10H2,1-3H3. The van der Waals surface area contributed by atoms with Crippen LogP contribution in [0.15, 0.2) is 24.3 Å². The van der Waals surface area contributed by atoms with E-state index in [0.29, 0.717) is 5.92 Å². The van der Waals surface area contributed by atoms with Gasteiger partial charge in [0.05, 0.1) is 0 Å². The van der Waals surface area contributed by atoms with Crippen LogP contribution in [-0.2, 0) is 6.54 Å². The van der Waals surface area contributed by atoms with Crippen LogP contribution in [0, 0.1) is 12.8 Å². The van der Waals surface area contributed by atoms with E-state index in [-0.39, 0.29) is 6.61 Å². The molecule has 84 valence electrons. The fourth-order valence-electron chi connectivity index (χ4n) is 1.78. The molecule has 0 heterocycles. The number of aryl methyl sites for hydroxylation is 1. The van der Waals surface area contributed by atoms with Crippen LogP contribution in [0.2, 0.25) is 0 Å². The molecule has 0 aromatic heterocycles. The van der Waals surface area contributed by atoms with Gasteiger partial charge in [-0.25, -0.2) is 0 Å². The van der Waals surface area contributed by atoms with Gasteiger partial charge in [-0.1, -0.05) is 36.8 Å². The summed E-state index contributed by atoms with van der Waals surface area (Å²) in [7, 11) is 2.09. The summed E-state index contributed by atoms with van der Waals surface area (Å²) in [5.74, 6) is 0.347. The number of benzene rings is 1. The zero-order chi connectivity index (χ0) is 11.3. The maximum absolute atomic E-state index is 8.97. The molecule has 0 fully saturated rings. The summed E-state index contributed by atoms with van der Waals surface area (Å²) in [6, 6.07) is 8.56. The summed E-state index contributed by atoms with van der Waals surface area (Å²) >= 11 is 0. The lowest BCUT2D eigenvalue weighted by molar-refractivity contribution is 0.188. The van der Waals surface area contributed by atoms with E-state index < -0.39 is 0 Å². The van der Waals surface area contributed by atoms with Crippen LogP contribution in [0.1, 0.15) is 18.1 Å². The minimum Gasteiger partial charge on any atom is -0.396 e. The van der Waals surface area contributed by atoms with Gasteiger partial charge in [-0.3, -0.25) is 0 Å². The molecular weight excluding hydrogens is 186 g/mol. The van der Waals surface area contributed by atoms with Gasteiger partial charge in [-0.15, -0.1) is 0 Å². The molecule has 0 aliphatic rings. The SMILES string of the molecule is Cc1cccc(CN(C)CC(C)CO)c1. The fraction of sp³-hybridized carbons (Fsp3) is 0.538. The van der Waals surface area contributed by atoms with Crippen molar-refractivity contribution < 1.29 is 5.11 Å². The first-order chi connectivity index (χ1) is 7.11. The highest BCUT2D eigenvalue weighted by Crippen LogP contribution is 2.07. The Morgan fingerprint density at radius 1 is 1.40 bits per heavy atom. The van der Waals surface area contributed by atoms with Crippen molar-refractivity contribution in [2.45, 2.75) is 20.4 Å². The van der Waals surface area contributed by atoms with E-state index in [9.17, 15) is 0 Å². The van der Waals surface area contributed by atoms with E-state index in [2.05, 4.69) is 50.1 Å².